The standard InChI is InChI=1S/C20H18ClNO2/c1-2-19(20(23)22-17-10-8-16(21)9-11-17)24-18-12-7-14-5-3-4-6-15(14)13-18/h3-13,19H,2H2,1H3,(H,22,23). The lowest BCUT2D eigenvalue weighted by Crippen LogP contribution is -2.32. The van der Waals surface area contributed by atoms with Gasteiger partial charge in [0.2, 0.25) is 0 Å². The zero-order chi connectivity index (χ0) is 16.9. The summed E-state index contributed by atoms with van der Waals surface area (Å²) in [7, 11) is 0. The third-order valence-electron chi connectivity index (χ3n) is 3.77. The van der Waals surface area contributed by atoms with Crippen molar-refractivity contribution in [3.05, 3.63) is 71.8 Å². The fourth-order valence-electron chi connectivity index (χ4n) is 2.48. The van der Waals surface area contributed by atoms with Crippen LogP contribution in [0.4, 0.5) is 5.69 Å². The topological polar surface area (TPSA) is 38.3 Å². The first-order valence-corrected chi connectivity index (χ1v) is 8.25. The van der Waals surface area contributed by atoms with E-state index in [0.29, 0.717) is 22.9 Å². The molecular weight excluding hydrogens is 322 g/mol. The number of carbonyl (C=O) groups is 1. The van der Waals surface area contributed by atoms with Crippen molar-refractivity contribution in [1.82, 2.24) is 0 Å². The molecule has 0 aliphatic carbocycles. The molecule has 0 spiro atoms. The Morgan fingerprint density at radius 1 is 1.04 bits per heavy atom. The number of nitrogens with one attached hydrogen (secondary N) is 1. The van der Waals surface area contributed by atoms with Gasteiger partial charge in [0.05, 0.1) is 0 Å². The molecule has 1 atom stereocenters. The number of rotatable bonds is 5. The lowest BCUT2D eigenvalue weighted by molar-refractivity contribution is -0.122. The molecule has 3 nitrogen and oxygen atoms in total. The highest BCUT2D eigenvalue weighted by molar-refractivity contribution is 6.30. The maximum absolute atomic E-state index is 12.4. The zero-order valence-electron chi connectivity index (χ0n) is 13.3. The number of anilines is 1. The molecule has 3 rings (SSSR count). The third-order valence-corrected chi connectivity index (χ3v) is 4.03. The number of hydrogen-bond donors (Lipinski definition) is 1. The van der Waals surface area contributed by atoms with Crippen LogP contribution in [0.5, 0.6) is 5.75 Å². The fourth-order valence-corrected chi connectivity index (χ4v) is 2.61. The average molecular weight is 340 g/mol. The van der Waals surface area contributed by atoms with Crippen molar-refractivity contribution >= 4 is 34.0 Å². The first-order valence-electron chi connectivity index (χ1n) is 7.87. The van der Waals surface area contributed by atoms with Crippen LogP contribution in [-0.4, -0.2) is 12.0 Å². The van der Waals surface area contributed by atoms with Crippen LogP contribution in [0.25, 0.3) is 10.8 Å². The highest BCUT2D eigenvalue weighted by Crippen LogP contribution is 2.22. The Kier molecular flexibility index (Phi) is 5.02. The molecule has 0 aromatic heterocycles. The van der Waals surface area contributed by atoms with E-state index in [4.69, 9.17) is 16.3 Å². The molecule has 1 amide bonds. The molecule has 0 aliphatic rings. The van der Waals surface area contributed by atoms with E-state index in [9.17, 15) is 4.79 Å². The van der Waals surface area contributed by atoms with Crippen LogP contribution in [-0.2, 0) is 4.79 Å². The van der Waals surface area contributed by atoms with Gasteiger partial charge in [-0.15, -0.1) is 0 Å². The number of carbonyl (C=O) groups excluding carboxylic acids is 1. The van der Waals surface area contributed by atoms with Gasteiger partial charge in [0, 0.05) is 10.7 Å². The second kappa shape index (κ2) is 7.37. The highest BCUT2D eigenvalue weighted by atomic mass is 35.5. The molecule has 122 valence electrons. The molecule has 0 aliphatic heterocycles. The van der Waals surface area contributed by atoms with E-state index in [0.717, 1.165) is 10.8 Å². The smallest absolute Gasteiger partial charge is 0.265 e. The zero-order valence-corrected chi connectivity index (χ0v) is 14.1. The number of fused-ring (bicyclic) bond motifs is 1. The largest absolute Gasteiger partial charge is 0.481 e. The highest BCUT2D eigenvalue weighted by Gasteiger charge is 2.18. The second-order valence-corrected chi connectivity index (χ2v) is 5.96. The fraction of sp³-hybridized carbons (Fsp3) is 0.150. The number of ether oxygens (including phenoxy) is 1. The minimum Gasteiger partial charge on any atom is -0.481 e. The molecule has 0 bridgehead atoms. The molecule has 1 unspecified atom stereocenters. The van der Waals surface area contributed by atoms with E-state index < -0.39 is 6.10 Å². The van der Waals surface area contributed by atoms with Crippen LogP contribution < -0.4 is 10.1 Å². The molecule has 1 N–H and O–H groups in total. The van der Waals surface area contributed by atoms with Crippen molar-refractivity contribution in [2.45, 2.75) is 19.4 Å². The van der Waals surface area contributed by atoms with Crippen molar-refractivity contribution < 1.29 is 9.53 Å². The van der Waals surface area contributed by atoms with Crippen molar-refractivity contribution in [2.24, 2.45) is 0 Å². The van der Waals surface area contributed by atoms with Gasteiger partial charge in [-0.25, -0.2) is 0 Å². The van der Waals surface area contributed by atoms with Crippen LogP contribution in [0.3, 0.4) is 0 Å². The molecule has 3 aromatic rings. The molecule has 3 aromatic carbocycles. The minimum absolute atomic E-state index is 0.173. The molecule has 4 heteroatoms. The Hall–Kier alpha value is -2.52. The van der Waals surface area contributed by atoms with E-state index in [-0.39, 0.29) is 5.91 Å². The molecule has 24 heavy (non-hydrogen) atoms. The first kappa shape index (κ1) is 16.3. The van der Waals surface area contributed by atoms with Gasteiger partial charge in [0.15, 0.2) is 6.10 Å². The van der Waals surface area contributed by atoms with Gasteiger partial charge in [-0.05, 0) is 53.6 Å². The molecule has 0 radical (unpaired) electrons. The Labute approximate surface area is 146 Å². The van der Waals surface area contributed by atoms with E-state index in [1.807, 2.05) is 49.4 Å². The van der Waals surface area contributed by atoms with Gasteiger partial charge in [-0.1, -0.05) is 48.9 Å². The quantitative estimate of drug-likeness (QED) is 0.686. The Morgan fingerprint density at radius 2 is 1.75 bits per heavy atom. The second-order valence-electron chi connectivity index (χ2n) is 5.52. The van der Waals surface area contributed by atoms with Gasteiger partial charge < -0.3 is 10.1 Å². The van der Waals surface area contributed by atoms with E-state index in [1.165, 1.54) is 0 Å². The maximum Gasteiger partial charge on any atom is 0.265 e. The summed E-state index contributed by atoms with van der Waals surface area (Å²) in [5.74, 6) is 0.514. The predicted molar refractivity (Wildman–Crippen MR) is 98.7 cm³/mol. The minimum atomic E-state index is -0.554. The van der Waals surface area contributed by atoms with Crippen LogP contribution in [0.2, 0.25) is 5.02 Å². The van der Waals surface area contributed by atoms with Crippen LogP contribution in [0.15, 0.2) is 66.7 Å². The summed E-state index contributed by atoms with van der Waals surface area (Å²) in [6, 6.07) is 20.9. The van der Waals surface area contributed by atoms with Gasteiger partial charge in [0.1, 0.15) is 5.75 Å². The molecule has 0 fully saturated rings. The summed E-state index contributed by atoms with van der Waals surface area (Å²) in [5, 5.41) is 5.72. The predicted octanol–water partition coefficient (Wildman–Crippen LogP) is 5.29. The number of hydrogen-bond acceptors (Lipinski definition) is 2. The summed E-state index contributed by atoms with van der Waals surface area (Å²) in [6.07, 6.45) is 0.0218. The monoisotopic (exact) mass is 339 g/mol. The lowest BCUT2D eigenvalue weighted by atomic mass is 10.1. The van der Waals surface area contributed by atoms with Crippen molar-refractivity contribution in [1.29, 1.82) is 0 Å². The van der Waals surface area contributed by atoms with E-state index in [2.05, 4.69) is 5.32 Å². The van der Waals surface area contributed by atoms with Crippen molar-refractivity contribution in [2.75, 3.05) is 5.32 Å². The number of amides is 1. The van der Waals surface area contributed by atoms with Crippen molar-refractivity contribution in [3.8, 4) is 5.75 Å². The lowest BCUT2D eigenvalue weighted by Gasteiger charge is -2.17. The molecule has 0 saturated carbocycles. The summed E-state index contributed by atoms with van der Waals surface area (Å²) >= 11 is 5.86. The van der Waals surface area contributed by atoms with E-state index >= 15 is 0 Å². The normalized spacial score (nSPS) is 11.9. The van der Waals surface area contributed by atoms with E-state index in [1.54, 1.807) is 24.3 Å². The summed E-state index contributed by atoms with van der Waals surface area (Å²) in [4.78, 5) is 12.4. The molecule has 0 saturated heterocycles. The summed E-state index contributed by atoms with van der Waals surface area (Å²) in [6.45, 7) is 1.92. The van der Waals surface area contributed by atoms with Gasteiger partial charge >= 0.3 is 0 Å². The maximum atomic E-state index is 12.4. The Morgan fingerprint density at radius 3 is 2.46 bits per heavy atom. The first-order chi connectivity index (χ1) is 11.7. The summed E-state index contributed by atoms with van der Waals surface area (Å²) in [5.41, 5.74) is 0.699. The Bertz CT molecular complexity index is 846. The van der Waals surface area contributed by atoms with Gasteiger partial charge in [0.25, 0.3) is 5.91 Å². The van der Waals surface area contributed by atoms with Crippen LogP contribution in [0, 0.1) is 0 Å². The SMILES string of the molecule is CCC(Oc1ccc2ccccc2c1)C(=O)Nc1ccc(Cl)cc1. The van der Waals surface area contributed by atoms with Gasteiger partial charge in [-0.2, -0.15) is 0 Å². The third kappa shape index (κ3) is 3.87. The average Bonchev–Trinajstić information content (AvgIpc) is 2.61. The Balaban J connectivity index is 1.72. The summed E-state index contributed by atoms with van der Waals surface area (Å²) < 4.78 is 5.89. The molecule has 0 heterocycles. The molecular formula is C20H18ClNO2. The number of halogens is 1. The van der Waals surface area contributed by atoms with Gasteiger partial charge in [-0.3, -0.25) is 4.79 Å². The van der Waals surface area contributed by atoms with Crippen LogP contribution in [0.1, 0.15) is 13.3 Å². The van der Waals surface area contributed by atoms with Crippen molar-refractivity contribution in [3.63, 3.8) is 0 Å². The number of benzene rings is 3. The van der Waals surface area contributed by atoms with Crippen LogP contribution >= 0.6 is 11.6 Å².